The normalized spacial score (nSPS) is 28.0. The second kappa shape index (κ2) is 3.99. The van der Waals surface area contributed by atoms with Gasteiger partial charge in [-0.2, -0.15) is 0 Å². The molecule has 0 radical (unpaired) electrons. The molecule has 2 aliphatic carbocycles. The summed E-state index contributed by atoms with van der Waals surface area (Å²) in [5.74, 6) is -0.199. The first kappa shape index (κ1) is 10.5. The molecule has 0 spiro atoms. The van der Waals surface area contributed by atoms with Crippen LogP contribution < -0.4 is 0 Å². The zero-order valence-electron chi connectivity index (χ0n) is 9.69. The van der Waals surface area contributed by atoms with Gasteiger partial charge in [-0.15, -0.1) is 0 Å². The molecule has 0 aromatic rings. The zero-order valence-corrected chi connectivity index (χ0v) is 9.69. The van der Waals surface area contributed by atoms with Gasteiger partial charge >= 0.3 is 0 Å². The summed E-state index contributed by atoms with van der Waals surface area (Å²) in [5, 5.41) is 0. The predicted molar refractivity (Wildman–Crippen MR) is 64.0 cm³/mol. The third-order valence-electron chi connectivity index (χ3n) is 3.61. The summed E-state index contributed by atoms with van der Waals surface area (Å²) in [7, 11) is 0. The van der Waals surface area contributed by atoms with Crippen LogP contribution in [0, 0.1) is 0 Å². The van der Waals surface area contributed by atoms with Crippen LogP contribution in [0.4, 0.5) is 0 Å². The summed E-state index contributed by atoms with van der Waals surface area (Å²) in [6.07, 6.45) is 12.6. The third-order valence-corrected chi connectivity index (χ3v) is 3.61. The summed E-state index contributed by atoms with van der Waals surface area (Å²) in [6.45, 7) is 0. The minimum Gasteiger partial charge on any atom is -0.269 e. The number of likely N-dealkylation sites (tertiary alicyclic amines) is 1. The number of fused-ring (bicyclic) bond motifs is 1. The van der Waals surface area contributed by atoms with Crippen LogP contribution in [0.2, 0.25) is 0 Å². The minimum atomic E-state index is -0.0995. The van der Waals surface area contributed by atoms with Gasteiger partial charge in [-0.3, -0.25) is 14.5 Å². The van der Waals surface area contributed by atoms with Gasteiger partial charge in [0.05, 0.1) is 6.04 Å². The Morgan fingerprint density at radius 3 is 2.18 bits per heavy atom. The van der Waals surface area contributed by atoms with Crippen LogP contribution in [0.5, 0.6) is 0 Å². The van der Waals surface area contributed by atoms with Crippen molar-refractivity contribution in [3.05, 3.63) is 35.5 Å². The highest BCUT2D eigenvalue weighted by atomic mass is 16.2. The Morgan fingerprint density at radius 2 is 1.65 bits per heavy atom. The summed E-state index contributed by atoms with van der Waals surface area (Å²) < 4.78 is 0. The summed E-state index contributed by atoms with van der Waals surface area (Å²) >= 11 is 0. The number of carbonyl (C=O) groups is 2. The number of nitrogens with zero attached hydrogens (tertiary/aromatic N) is 1. The monoisotopic (exact) mass is 229 g/mol. The predicted octanol–water partition coefficient (Wildman–Crippen LogP) is 2.11. The van der Waals surface area contributed by atoms with E-state index in [4.69, 9.17) is 0 Å². The Balaban J connectivity index is 1.96. The maximum absolute atomic E-state index is 12.2. The van der Waals surface area contributed by atoms with E-state index in [0.29, 0.717) is 11.1 Å². The second-order valence-electron chi connectivity index (χ2n) is 4.72. The van der Waals surface area contributed by atoms with Crippen molar-refractivity contribution in [3.8, 4) is 0 Å². The molecule has 0 aromatic carbocycles. The highest BCUT2D eigenvalue weighted by Gasteiger charge is 2.42. The highest BCUT2D eigenvalue weighted by Crippen LogP contribution is 2.32. The van der Waals surface area contributed by atoms with E-state index in [1.807, 2.05) is 18.2 Å². The quantitative estimate of drug-likeness (QED) is 0.510. The smallest absolute Gasteiger partial charge is 0.261 e. The zero-order chi connectivity index (χ0) is 11.8. The van der Waals surface area contributed by atoms with Crippen molar-refractivity contribution in [1.82, 2.24) is 4.90 Å². The van der Waals surface area contributed by atoms with Gasteiger partial charge in [0.25, 0.3) is 11.8 Å². The highest BCUT2D eigenvalue weighted by molar-refractivity contribution is 6.25. The van der Waals surface area contributed by atoms with Crippen LogP contribution in [-0.4, -0.2) is 22.8 Å². The molecule has 0 N–H and O–H groups in total. The van der Waals surface area contributed by atoms with Crippen LogP contribution in [0.25, 0.3) is 0 Å². The number of hydrogen-bond donors (Lipinski definition) is 0. The van der Waals surface area contributed by atoms with Crippen molar-refractivity contribution in [3.63, 3.8) is 0 Å². The molecule has 3 nitrogen and oxygen atoms in total. The van der Waals surface area contributed by atoms with Crippen molar-refractivity contribution in [2.45, 2.75) is 38.1 Å². The molecule has 1 atom stereocenters. The lowest BCUT2D eigenvalue weighted by atomic mass is 10.0. The van der Waals surface area contributed by atoms with Crippen LogP contribution in [0.15, 0.2) is 35.5 Å². The van der Waals surface area contributed by atoms with Crippen LogP contribution >= 0.6 is 0 Å². The lowest BCUT2D eigenvalue weighted by Gasteiger charge is -2.25. The number of amides is 2. The van der Waals surface area contributed by atoms with E-state index in [2.05, 4.69) is 6.08 Å². The molecule has 0 aromatic heterocycles. The van der Waals surface area contributed by atoms with E-state index in [1.54, 1.807) is 0 Å². The standard InChI is InChI=1S/C14H15NO2/c16-13-11-8-4-5-9-12(11)14(17)15(13)10-6-2-1-3-7-10/h2,6,8-10H,1,3-5,7H2. The molecule has 0 saturated carbocycles. The summed E-state index contributed by atoms with van der Waals surface area (Å²) in [4.78, 5) is 25.9. The first-order chi connectivity index (χ1) is 8.29. The molecule has 1 fully saturated rings. The van der Waals surface area contributed by atoms with Crippen LogP contribution in [0.3, 0.4) is 0 Å². The van der Waals surface area contributed by atoms with Gasteiger partial charge in [0, 0.05) is 11.1 Å². The summed E-state index contributed by atoms with van der Waals surface area (Å²) in [5.41, 5.74) is 1.25. The minimum absolute atomic E-state index is 0.0313. The number of hydrogen-bond acceptors (Lipinski definition) is 2. The first-order valence-electron chi connectivity index (χ1n) is 6.24. The molecule has 1 heterocycles. The molecule has 17 heavy (non-hydrogen) atoms. The number of imide groups is 1. The van der Waals surface area contributed by atoms with E-state index < -0.39 is 0 Å². The maximum Gasteiger partial charge on any atom is 0.261 e. The van der Waals surface area contributed by atoms with E-state index in [1.165, 1.54) is 4.90 Å². The SMILES string of the molecule is O=C1C2=CCCC=C2C(=O)N1C1C=CCCC1. The fraction of sp³-hybridized carbons (Fsp3) is 0.429. The second-order valence-corrected chi connectivity index (χ2v) is 4.72. The Kier molecular flexibility index (Phi) is 2.46. The van der Waals surface area contributed by atoms with Crippen molar-refractivity contribution in [1.29, 1.82) is 0 Å². The molecule has 1 saturated heterocycles. The van der Waals surface area contributed by atoms with Gasteiger partial charge in [0.1, 0.15) is 0 Å². The molecule has 88 valence electrons. The van der Waals surface area contributed by atoms with E-state index in [0.717, 1.165) is 32.1 Å². The molecular formula is C14H15NO2. The van der Waals surface area contributed by atoms with Crippen molar-refractivity contribution in [2.24, 2.45) is 0 Å². The molecule has 1 unspecified atom stereocenters. The van der Waals surface area contributed by atoms with Crippen LogP contribution in [-0.2, 0) is 9.59 Å². The van der Waals surface area contributed by atoms with Crippen LogP contribution in [0.1, 0.15) is 32.1 Å². The summed E-state index contributed by atoms with van der Waals surface area (Å²) in [6, 6.07) is -0.0313. The van der Waals surface area contributed by atoms with Gasteiger partial charge in [0.15, 0.2) is 0 Å². The average Bonchev–Trinajstić information content (AvgIpc) is 2.64. The Morgan fingerprint density at radius 1 is 1.00 bits per heavy atom. The Hall–Kier alpha value is -1.64. The Bertz CT molecular complexity index is 439. The van der Waals surface area contributed by atoms with E-state index >= 15 is 0 Å². The lowest BCUT2D eigenvalue weighted by Crippen LogP contribution is -2.39. The molecule has 2 amide bonds. The third kappa shape index (κ3) is 1.57. The van der Waals surface area contributed by atoms with Gasteiger partial charge in [-0.05, 0) is 32.1 Å². The topological polar surface area (TPSA) is 37.4 Å². The molecule has 0 bridgehead atoms. The largest absolute Gasteiger partial charge is 0.269 e. The van der Waals surface area contributed by atoms with Crippen molar-refractivity contribution >= 4 is 11.8 Å². The fourth-order valence-corrected chi connectivity index (χ4v) is 2.74. The molecular weight excluding hydrogens is 214 g/mol. The van der Waals surface area contributed by atoms with Crippen molar-refractivity contribution in [2.75, 3.05) is 0 Å². The van der Waals surface area contributed by atoms with Gasteiger partial charge in [-0.1, -0.05) is 24.3 Å². The van der Waals surface area contributed by atoms with E-state index in [9.17, 15) is 9.59 Å². The molecule has 3 aliphatic rings. The molecule has 3 heteroatoms. The molecule has 1 aliphatic heterocycles. The maximum atomic E-state index is 12.2. The van der Waals surface area contributed by atoms with Gasteiger partial charge < -0.3 is 0 Å². The van der Waals surface area contributed by atoms with Gasteiger partial charge in [0.2, 0.25) is 0 Å². The van der Waals surface area contributed by atoms with Crippen molar-refractivity contribution < 1.29 is 9.59 Å². The number of allylic oxidation sites excluding steroid dienone is 3. The Labute approximate surface area is 100 Å². The molecule has 3 rings (SSSR count). The average molecular weight is 229 g/mol. The number of rotatable bonds is 1. The lowest BCUT2D eigenvalue weighted by molar-refractivity contribution is -0.138. The van der Waals surface area contributed by atoms with Gasteiger partial charge in [-0.25, -0.2) is 0 Å². The van der Waals surface area contributed by atoms with E-state index in [-0.39, 0.29) is 17.9 Å². The first-order valence-corrected chi connectivity index (χ1v) is 6.24. The number of carbonyl (C=O) groups excluding carboxylic acids is 2. The fourth-order valence-electron chi connectivity index (χ4n) is 2.74.